The Morgan fingerprint density at radius 1 is 0.964 bits per heavy atom. The molecule has 150 valence electrons. The lowest BCUT2D eigenvalue weighted by Gasteiger charge is -2.56. The Hall–Kier alpha value is -2.08. The standard InChI is InChI=1S/C21H26ClN3O3/c22-17-3-1-2-16(7-17)20(28)25-24-19(27)12-23-18(26)11-21-8-13-4-14(9-21)6-15(5-13)10-21/h1-3,7,13-15H,4-6,8-12H2,(H,23,26)(H,24,27)(H,25,28). The van der Waals surface area contributed by atoms with Gasteiger partial charge in [-0.25, -0.2) is 0 Å². The number of carbonyl (C=O) groups is 3. The second-order valence-corrected chi connectivity index (χ2v) is 9.32. The van der Waals surface area contributed by atoms with Crippen LogP contribution < -0.4 is 16.2 Å². The van der Waals surface area contributed by atoms with Crippen LogP contribution >= 0.6 is 11.6 Å². The normalized spacial score (nSPS) is 30.0. The molecule has 0 heterocycles. The second-order valence-electron chi connectivity index (χ2n) is 8.88. The molecule has 7 heteroatoms. The van der Waals surface area contributed by atoms with E-state index in [1.807, 2.05) is 0 Å². The van der Waals surface area contributed by atoms with Gasteiger partial charge in [0.2, 0.25) is 5.91 Å². The van der Waals surface area contributed by atoms with Gasteiger partial charge in [-0.1, -0.05) is 17.7 Å². The first-order chi connectivity index (χ1) is 13.4. The van der Waals surface area contributed by atoms with Gasteiger partial charge in [0.25, 0.3) is 11.8 Å². The van der Waals surface area contributed by atoms with Crippen molar-refractivity contribution < 1.29 is 14.4 Å². The third kappa shape index (κ3) is 4.32. The van der Waals surface area contributed by atoms with Gasteiger partial charge in [0.1, 0.15) is 0 Å². The summed E-state index contributed by atoms with van der Waals surface area (Å²) >= 11 is 5.85. The predicted molar refractivity (Wildman–Crippen MR) is 105 cm³/mol. The third-order valence-electron chi connectivity index (χ3n) is 6.55. The molecule has 0 unspecified atom stereocenters. The van der Waals surface area contributed by atoms with E-state index >= 15 is 0 Å². The number of carbonyl (C=O) groups excluding carboxylic acids is 3. The number of halogens is 1. The summed E-state index contributed by atoms with van der Waals surface area (Å²) in [6.45, 7) is -0.152. The quantitative estimate of drug-likeness (QED) is 0.660. The van der Waals surface area contributed by atoms with E-state index in [1.54, 1.807) is 18.2 Å². The number of hydrogen-bond donors (Lipinski definition) is 3. The first kappa shape index (κ1) is 19.2. The van der Waals surface area contributed by atoms with Crippen molar-refractivity contribution >= 4 is 29.3 Å². The number of rotatable bonds is 5. The van der Waals surface area contributed by atoms with Gasteiger partial charge in [-0.15, -0.1) is 0 Å². The molecule has 4 bridgehead atoms. The molecule has 0 aliphatic heterocycles. The summed E-state index contributed by atoms with van der Waals surface area (Å²) in [7, 11) is 0. The van der Waals surface area contributed by atoms with Crippen molar-refractivity contribution in [3.05, 3.63) is 34.9 Å². The van der Waals surface area contributed by atoms with E-state index in [2.05, 4.69) is 16.2 Å². The fourth-order valence-corrected chi connectivity index (χ4v) is 6.15. The lowest BCUT2D eigenvalue weighted by atomic mass is 9.49. The van der Waals surface area contributed by atoms with Gasteiger partial charge in [0, 0.05) is 17.0 Å². The third-order valence-corrected chi connectivity index (χ3v) is 6.78. The van der Waals surface area contributed by atoms with Crippen LogP contribution in [0.1, 0.15) is 55.3 Å². The molecule has 0 aromatic heterocycles. The molecule has 0 saturated heterocycles. The molecule has 0 spiro atoms. The van der Waals surface area contributed by atoms with Crippen molar-refractivity contribution in [2.75, 3.05) is 6.54 Å². The summed E-state index contributed by atoms with van der Waals surface area (Å²) in [5, 5.41) is 3.15. The zero-order valence-electron chi connectivity index (χ0n) is 15.8. The maximum Gasteiger partial charge on any atom is 0.269 e. The van der Waals surface area contributed by atoms with Crippen LogP contribution in [0.2, 0.25) is 5.02 Å². The van der Waals surface area contributed by atoms with Gasteiger partial charge in [0.15, 0.2) is 0 Å². The van der Waals surface area contributed by atoms with Crippen molar-refractivity contribution in [1.29, 1.82) is 0 Å². The first-order valence-electron chi connectivity index (χ1n) is 10.0. The fourth-order valence-electron chi connectivity index (χ4n) is 5.96. The first-order valence-corrected chi connectivity index (χ1v) is 10.4. The second kappa shape index (κ2) is 7.74. The number of hydrogen-bond acceptors (Lipinski definition) is 3. The van der Waals surface area contributed by atoms with Crippen LogP contribution in [-0.2, 0) is 9.59 Å². The molecule has 6 nitrogen and oxygen atoms in total. The molecule has 5 rings (SSSR count). The molecule has 3 N–H and O–H groups in total. The van der Waals surface area contributed by atoms with Crippen LogP contribution in [0.3, 0.4) is 0 Å². The zero-order chi connectivity index (χ0) is 19.7. The van der Waals surface area contributed by atoms with Gasteiger partial charge in [-0.3, -0.25) is 25.2 Å². The monoisotopic (exact) mass is 403 g/mol. The summed E-state index contributed by atoms with van der Waals surface area (Å²) < 4.78 is 0. The number of benzene rings is 1. The smallest absolute Gasteiger partial charge is 0.269 e. The van der Waals surface area contributed by atoms with Crippen LogP contribution in [0.4, 0.5) is 0 Å². The lowest BCUT2D eigenvalue weighted by Crippen LogP contribution is -2.49. The molecular formula is C21H26ClN3O3. The summed E-state index contributed by atoms with van der Waals surface area (Å²) in [6, 6.07) is 6.43. The maximum atomic E-state index is 12.4. The van der Waals surface area contributed by atoms with E-state index in [1.165, 1.54) is 25.3 Å². The highest BCUT2D eigenvalue weighted by atomic mass is 35.5. The van der Waals surface area contributed by atoms with E-state index in [0.717, 1.165) is 37.0 Å². The highest BCUT2D eigenvalue weighted by Gasteiger charge is 2.51. The minimum absolute atomic E-state index is 0.0710. The molecular weight excluding hydrogens is 378 g/mol. The molecule has 4 aliphatic carbocycles. The van der Waals surface area contributed by atoms with Crippen molar-refractivity contribution in [1.82, 2.24) is 16.2 Å². The van der Waals surface area contributed by atoms with Gasteiger partial charge in [-0.2, -0.15) is 0 Å². The topological polar surface area (TPSA) is 87.3 Å². The highest BCUT2D eigenvalue weighted by molar-refractivity contribution is 6.30. The molecule has 4 fully saturated rings. The minimum atomic E-state index is -0.464. The summed E-state index contributed by atoms with van der Waals surface area (Å²) in [4.78, 5) is 36.4. The van der Waals surface area contributed by atoms with Crippen LogP contribution in [-0.4, -0.2) is 24.3 Å². The molecule has 1 aromatic rings. The summed E-state index contributed by atoms with van der Waals surface area (Å²) in [6.07, 6.45) is 8.02. The molecule has 1 aromatic carbocycles. The van der Waals surface area contributed by atoms with Crippen LogP contribution in [0.25, 0.3) is 0 Å². The number of hydrazine groups is 1. The average Bonchev–Trinajstić information content (AvgIpc) is 2.63. The Morgan fingerprint density at radius 2 is 1.61 bits per heavy atom. The Balaban J connectivity index is 1.21. The van der Waals surface area contributed by atoms with E-state index in [-0.39, 0.29) is 17.9 Å². The Morgan fingerprint density at radius 3 is 2.21 bits per heavy atom. The highest BCUT2D eigenvalue weighted by Crippen LogP contribution is 2.61. The van der Waals surface area contributed by atoms with Gasteiger partial charge in [0.05, 0.1) is 6.54 Å². The van der Waals surface area contributed by atoms with Crippen molar-refractivity contribution in [2.45, 2.75) is 44.9 Å². The van der Waals surface area contributed by atoms with Crippen molar-refractivity contribution in [2.24, 2.45) is 23.2 Å². The van der Waals surface area contributed by atoms with E-state index in [9.17, 15) is 14.4 Å². The Bertz CT molecular complexity index is 760. The summed E-state index contributed by atoms with van der Waals surface area (Å²) in [5.74, 6) is 1.39. The fraction of sp³-hybridized carbons (Fsp3) is 0.571. The van der Waals surface area contributed by atoms with E-state index in [0.29, 0.717) is 17.0 Å². The van der Waals surface area contributed by atoms with Crippen LogP contribution in [0, 0.1) is 23.2 Å². The predicted octanol–water partition coefficient (Wildman–Crippen LogP) is 2.82. The molecule has 28 heavy (non-hydrogen) atoms. The van der Waals surface area contributed by atoms with Gasteiger partial charge in [-0.05, 0) is 79.9 Å². The zero-order valence-corrected chi connectivity index (χ0v) is 16.6. The molecule has 4 aliphatic rings. The molecule has 3 amide bonds. The van der Waals surface area contributed by atoms with Gasteiger partial charge >= 0.3 is 0 Å². The largest absolute Gasteiger partial charge is 0.347 e. The minimum Gasteiger partial charge on any atom is -0.347 e. The van der Waals surface area contributed by atoms with Crippen LogP contribution in [0.15, 0.2) is 24.3 Å². The summed E-state index contributed by atoms with van der Waals surface area (Å²) in [5.41, 5.74) is 5.14. The number of amides is 3. The SMILES string of the molecule is O=C(CC12CC3CC(CC(C3)C1)C2)NCC(=O)NNC(=O)c1cccc(Cl)c1. The molecule has 0 atom stereocenters. The average molecular weight is 404 g/mol. The maximum absolute atomic E-state index is 12.4. The van der Waals surface area contributed by atoms with Crippen LogP contribution in [0.5, 0.6) is 0 Å². The van der Waals surface area contributed by atoms with E-state index < -0.39 is 11.8 Å². The van der Waals surface area contributed by atoms with Crippen molar-refractivity contribution in [3.63, 3.8) is 0 Å². The Labute approximate surface area is 169 Å². The molecule has 0 radical (unpaired) electrons. The Kier molecular flexibility index (Phi) is 5.32. The number of nitrogens with one attached hydrogen (secondary N) is 3. The van der Waals surface area contributed by atoms with Gasteiger partial charge < -0.3 is 5.32 Å². The van der Waals surface area contributed by atoms with Crippen molar-refractivity contribution in [3.8, 4) is 0 Å². The van der Waals surface area contributed by atoms with E-state index in [4.69, 9.17) is 11.6 Å². The molecule has 4 saturated carbocycles. The lowest BCUT2D eigenvalue weighted by molar-refractivity contribution is -0.132.